The van der Waals surface area contributed by atoms with Crippen molar-refractivity contribution in [3.05, 3.63) is 72.4 Å². The van der Waals surface area contributed by atoms with E-state index in [9.17, 15) is 4.79 Å². The first-order chi connectivity index (χ1) is 12.4. The maximum Gasteiger partial charge on any atom is 0.232 e. The summed E-state index contributed by atoms with van der Waals surface area (Å²) >= 11 is 0. The van der Waals surface area contributed by atoms with Gasteiger partial charge in [-0.25, -0.2) is 9.66 Å². The van der Waals surface area contributed by atoms with Gasteiger partial charge in [0.1, 0.15) is 0 Å². The lowest BCUT2D eigenvalue weighted by Gasteiger charge is -2.16. The van der Waals surface area contributed by atoms with Gasteiger partial charge in [0.2, 0.25) is 11.9 Å². The van der Waals surface area contributed by atoms with Crippen LogP contribution in [0.2, 0.25) is 0 Å². The highest BCUT2D eigenvalue weighted by molar-refractivity contribution is 5.93. The molecule has 0 saturated carbocycles. The molecule has 0 aliphatic rings. The van der Waals surface area contributed by atoms with E-state index in [1.807, 2.05) is 87.6 Å². The van der Waals surface area contributed by atoms with Gasteiger partial charge in [-0.15, -0.1) is 0 Å². The predicted molar refractivity (Wildman–Crippen MR) is 105 cm³/mol. The van der Waals surface area contributed by atoms with Crippen molar-refractivity contribution < 1.29 is 4.79 Å². The van der Waals surface area contributed by atoms with E-state index in [2.05, 4.69) is 15.4 Å². The molecule has 1 aromatic heterocycles. The Bertz CT molecular complexity index is 906. The van der Waals surface area contributed by atoms with Crippen LogP contribution in [0.5, 0.6) is 0 Å². The lowest BCUT2D eigenvalue weighted by Crippen LogP contribution is -2.28. The van der Waals surface area contributed by atoms with Gasteiger partial charge >= 0.3 is 0 Å². The smallest absolute Gasteiger partial charge is 0.232 e. The fourth-order valence-corrected chi connectivity index (χ4v) is 2.25. The first-order valence-electron chi connectivity index (χ1n) is 8.49. The van der Waals surface area contributed by atoms with E-state index in [1.165, 1.54) is 0 Å². The summed E-state index contributed by atoms with van der Waals surface area (Å²) in [6.45, 7) is 5.59. The van der Waals surface area contributed by atoms with Crippen LogP contribution in [0.15, 0.2) is 72.0 Å². The number of nitrogens with zero attached hydrogens (tertiary/aromatic N) is 3. The molecule has 132 valence electrons. The Morgan fingerprint density at radius 2 is 1.65 bits per heavy atom. The molecule has 2 aromatic carbocycles. The predicted octanol–water partition coefficient (Wildman–Crippen LogP) is 4.42. The molecule has 1 amide bonds. The van der Waals surface area contributed by atoms with E-state index < -0.39 is 5.41 Å². The maximum atomic E-state index is 12.4. The highest BCUT2D eigenvalue weighted by atomic mass is 16.2. The highest BCUT2D eigenvalue weighted by Crippen LogP contribution is 2.23. The second kappa shape index (κ2) is 7.35. The summed E-state index contributed by atoms with van der Waals surface area (Å²) in [7, 11) is 0. The third kappa shape index (κ3) is 4.25. The number of benzene rings is 2. The lowest BCUT2D eigenvalue weighted by molar-refractivity contribution is -0.123. The zero-order valence-electron chi connectivity index (χ0n) is 15.2. The Kier molecular flexibility index (Phi) is 4.98. The van der Waals surface area contributed by atoms with Crippen LogP contribution < -0.4 is 5.32 Å². The van der Waals surface area contributed by atoms with Crippen LogP contribution in [0.1, 0.15) is 26.3 Å². The number of anilines is 1. The number of aromatic nitrogens is 2. The summed E-state index contributed by atoms with van der Waals surface area (Å²) in [4.78, 5) is 17.0. The average molecular weight is 346 g/mol. The summed E-state index contributed by atoms with van der Waals surface area (Å²) in [5.41, 5.74) is 2.16. The highest BCUT2D eigenvalue weighted by Gasteiger charge is 2.23. The second-order valence-electron chi connectivity index (χ2n) is 7.02. The van der Waals surface area contributed by atoms with E-state index in [0.29, 0.717) is 5.95 Å². The average Bonchev–Trinajstić information content (AvgIpc) is 3.03. The maximum absolute atomic E-state index is 12.4. The summed E-state index contributed by atoms with van der Waals surface area (Å²) in [5, 5.41) is 7.35. The molecule has 0 saturated heterocycles. The minimum atomic E-state index is -0.521. The lowest BCUT2D eigenvalue weighted by atomic mass is 9.96. The number of amides is 1. The van der Waals surface area contributed by atoms with Crippen molar-refractivity contribution in [2.75, 3.05) is 5.32 Å². The minimum absolute atomic E-state index is 0.112. The van der Waals surface area contributed by atoms with Crippen molar-refractivity contribution in [3.63, 3.8) is 0 Å². The summed E-state index contributed by atoms with van der Waals surface area (Å²) in [5.74, 6) is 0.287. The van der Waals surface area contributed by atoms with Gasteiger partial charge in [0.05, 0.1) is 18.1 Å². The van der Waals surface area contributed by atoms with E-state index in [4.69, 9.17) is 0 Å². The fourth-order valence-electron chi connectivity index (χ4n) is 2.25. The van der Waals surface area contributed by atoms with Gasteiger partial charge in [-0.3, -0.25) is 10.1 Å². The van der Waals surface area contributed by atoms with Gasteiger partial charge in [-0.2, -0.15) is 5.10 Å². The van der Waals surface area contributed by atoms with Crippen LogP contribution >= 0.6 is 0 Å². The topological polar surface area (TPSA) is 59.3 Å². The first-order valence-corrected chi connectivity index (χ1v) is 8.49. The fraction of sp³-hybridized carbons (Fsp3) is 0.190. The Hall–Kier alpha value is -3.21. The minimum Gasteiger partial charge on any atom is -0.294 e. The van der Waals surface area contributed by atoms with Crippen LogP contribution in [0, 0.1) is 5.41 Å². The van der Waals surface area contributed by atoms with Gasteiger partial charge in [-0.1, -0.05) is 81.4 Å². The first kappa shape index (κ1) is 17.6. The zero-order valence-corrected chi connectivity index (χ0v) is 15.2. The second-order valence-corrected chi connectivity index (χ2v) is 7.02. The molecule has 0 radical (unpaired) electrons. The number of rotatable bonds is 4. The molecule has 0 unspecified atom stereocenters. The molecular weight excluding hydrogens is 324 g/mol. The largest absolute Gasteiger partial charge is 0.294 e. The molecule has 3 aromatic rings. The van der Waals surface area contributed by atoms with Crippen molar-refractivity contribution in [2.45, 2.75) is 20.8 Å². The van der Waals surface area contributed by atoms with Crippen molar-refractivity contribution in [2.24, 2.45) is 10.5 Å². The number of imidazole rings is 1. The summed E-state index contributed by atoms with van der Waals surface area (Å²) < 4.78 is 1.60. The van der Waals surface area contributed by atoms with E-state index >= 15 is 0 Å². The Labute approximate surface area is 153 Å². The molecule has 0 fully saturated rings. The normalized spacial score (nSPS) is 11.7. The van der Waals surface area contributed by atoms with Crippen LogP contribution in [0.25, 0.3) is 11.3 Å². The standard InChI is InChI=1S/C21H22N4O/c1-21(2,3)19(26)24-20-23-18(17-12-8-5-9-13-17)15-25(20)22-14-16-10-6-4-7-11-16/h4-15H,1-3H3,(H,23,24,26)/b22-14+. The van der Waals surface area contributed by atoms with E-state index in [0.717, 1.165) is 16.8 Å². The van der Waals surface area contributed by atoms with Gasteiger partial charge in [0.15, 0.2) is 0 Å². The Morgan fingerprint density at radius 3 is 2.27 bits per heavy atom. The van der Waals surface area contributed by atoms with Crippen LogP contribution in [-0.2, 0) is 4.79 Å². The third-order valence-electron chi connectivity index (χ3n) is 3.79. The van der Waals surface area contributed by atoms with Gasteiger partial charge in [0.25, 0.3) is 0 Å². The van der Waals surface area contributed by atoms with Crippen LogP contribution in [-0.4, -0.2) is 21.8 Å². The van der Waals surface area contributed by atoms with Crippen molar-refractivity contribution in [3.8, 4) is 11.3 Å². The van der Waals surface area contributed by atoms with Gasteiger partial charge in [-0.05, 0) is 5.56 Å². The number of carbonyl (C=O) groups excluding carboxylic acids is 1. The van der Waals surface area contributed by atoms with Crippen molar-refractivity contribution in [1.29, 1.82) is 0 Å². The summed E-state index contributed by atoms with van der Waals surface area (Å²) in [6.07, 6.45) is 3.55. The van der Waals surface area contributed by atoms with Crippen molar-refractivity contribution >= 4 is 18.1 Å². The molecule has 0 atom stereocenters. The van der Waals surface area contributed by atoms with Gasteiger partial charge < -0.3 is 0 Å². The Morgan fingerprint density at radius 1 is 1.04 bits per heavy atom. The Balaban J connectivity index is 1.96. The number of nitrogens with one attached hydrogen (secondary N) is 1. The van der Waals surface area contributed by atoms with E-state index in [1.54, 1.807) is 10.9 Å². The molecule has 5 heteroatoms. The molecule has 1 N–H and O–H groups in total. The number of hydrogen-bond donors (Lipinski definition) is 1. The molecule has 3 rings (SSSR count). The van der Waals surface area contributed by atoms with Crippen LogP contribution in [0.4, 0.5) is 5.95 Å². The SMILES string of the molecule is CC(C)(C)C(=O)Nc1nc(-c2ccccc2)cn1/N=C/c1ccccc1. The number of carbonyl (C=O) groups is 1. The zero-order chi connectivity index (χ0) is 18.6. The van der Waals surface area contributed by atoms with E-state index in [-0.39, 0.29) is 5.91 Å². The van der Waals surface area contributed by atoms with Crippen molar-refractivity contribution in [1.82, 2.24) is 9.66 Å². The molecule has 26 heavy (non-hydrogen) atoms. The summed E-state index contributed by atoms with van der Waals surface area (Å²) in [6, 6.07) is 19.6. The molecule has 0 aliphatic heterocycles. The third-order valence-corrected chi connectivity index (χ3v) is 3.79. The monoisotopic (exact) mass is 346 g/mol. The van der Waals surface area contributed by atoms with Gasteiger partial charge in [0, 0.05) is 11.0 Å². The molecule has 5 nitrogen and oxygen atoms in total. The molecular formula is C21H22N4O. The quantitative estimate of drug-likeness (QED) is 0.711. The molecule has 0 spiro atoms. The van der Waals surface area contributed by atoms with Crippen LogP contribution in [0.3, 0.4) is 0 Å². The molecule has 0 aliphatic carbocycles. The number of hydrogen-bond acceptors (Lipinski definition) is 3. The molecule has 1 heterocycles. The molecule has 0 bridgehead atoms.